The molecule has 8 heteroatoms. The number of aryl methyl sites for hydroxylation is 1. The number of carbonyl (C=O) groups excluding carboxylic acids is 1. The molecule has 0 amide bonds. The molecule has 1 heterocycles. The number of hydrogen-bond donors (Lipinski definition) is 3. The fourth-order valence-corrected chi connectivity index (χ4v) is 2.49. The number of esters is 1. The van der Waals surface area contributed by atoms with E-state index >= 15 is 0 Å². The molecule has 0 bridgehead atoms. The van der Waals surface area contributed by atoms with E-state index in [-0.39, 0.29) is 5.82 Å². The molecule has 0 saturated carbocycles. The standard InChI is InChI=1S/C13H21N2O5P/c1-3-4-5-7-10-8-6-9-11(14-10)15-12(13(16)20-2)21(17,18)19/h6,8-9,12H,3-5,7H2,1-2H3,(H,14,15)(H2,17,18,19)/p+1. The highest BCUT2D eigenvalue weighted by Gasteiger charge is 2.44. The summed E-state index contributed by atoms with van der Waals surface area (Å²) in [5.41, 5.74) is 0.829. The van der Waals surface area contributed by atoms with Crippen LogP contribution in [0.25, 0.3) is 0 Å². The molecule has 21 heavy (non-hydrogen) atoms. The predicted octanol–water partition coefficient (Wildman–Crippen LogP) is 1.84. The molecule has 1 aromatic heterocycles. The lowest BCUT2D eigenvalue weighted by Crippen LogP contribution is -2.31. The van der Waals surface area contributed by atoms with Crippen molar-refractivity contribution in [3.05, 3.63) is 23.9 Å². The molecule has 0 fully saturated rings. The minimum absolute atomic E-state index is 0.279. The normalized spacial score (nSPS) is 12.8. The van der Waals surface area contributed by atoms with E-state index in [0.29, 0.717) is 0 Å². The van der Waals surface area contributed by atoms with Crippen LogP contribution in [0.4, 0.5) is 5.82 Å². The Balaban J connectivity index is 2.82. The maximum Gasteiger partial charge on any atom is 0.530 e. The quantitative estimate of drug-likeness (QED) is 0.292. The minimum atomic E-state index is -4.43. The Morgan fingerprint density at radius 1 is 1.48 bits per heavy atom. The number of nitrogens with zero attached hydrogens (tertiary/aromatic N) is 1. The van der Waals surface area contributed by atoms with Crippen molar-refractivity contribution in [2.24, 2.45) is 0 Å². The summed E-state index contributed by atoms with van der Waals surface area (Å²) in [6.07, 6.45) is 4.01. The highest BCUT2D eigenvalue weighted by Crippen LogP contribution is 2.41. The van der Waals surface area contributed by atoms with Gasteiger partial charge in [-0.1, -0.05) is 25.8 Å². The van der Waals surface area contributed by atoms with Crippen molar-refractivity contribution in [3.8, 4) is 0 Å². The van der Waals surface area contributed by atoms with Crippen LogP contribution in [0.3, 0.4) is 0 Å². The lowest BCUT2D eigenvalue weighted by Gasteiger charge is -2.14. The minimum Gasteiger partial charge on any atom is -0.467 e. The van der Waals surface area contributed by atoms with E-state index in [1.165, 1.54) is 0 Å². The van der Waals surface area contributed by atoms with Crippen molar-refractivity contribution in [2.75, 3.05) is 12.4 Å². The number of nitrogens with one attached hydrogen (secondary N) is 1. The Morgan fingerprint density at radius 3 is 2.76 bits per heavy atom. The van der Waals surface area contributed by atoms with Gasteiger partial charge in [-0.15, -0.1) is 0 Å². The summed E-state index contributed by atoms with van der Waals surface area (Å²) in [4.78, 5) is 34.4. The summed E-state index contributed by atoms with van der Waals surface area (Å²) in [5, 5.41) is 2.51. The highest BCUT2D eigenvalue weighted by atomic mass is 31.2. The number of unbranched alkanes of at least 4 members (excludes halogenated alkanes) is 2. The first kappa shape index (κ1) is 17.6. The van der Waals surface area contributed by atoms with Gasteiger partial charge in [0.2, 0.25) is 0 Å². The Hall–Kier alpha value is -1.43. The molecule has 1 aromatic rings. The fraction of sp³-hybridized carbons (Fsp3) is 0.538. The zero-order valence-electron chi connectivity index (χ0n) is 12.2. The molecule has 4 N–H and O–H groups in total. The number of anilines is 1. The van der Waals surface area contributed by atoms with E-state index in [2.05, 4.69) is 22.0 Å². The zero-order valence-corrected chi connectivity index (χ0v) is 13.1. The second kappa shape index (κ2) is 8.12. The van der Waals surface area contributed by atoms with Crippen LogP contribution in [0.1, 0.15) is 31.9 Å². The summed E-state index contributed by atoms with van der Waals surface area (Å²) in [5.74, 6) is -2.32. The number of carbonyl (C=O) groups is 1. The first-order valence-corrected chi connectivity index (χ1v) is 8.47. The number of ether oxygens (including phenoxy) is 1. The van der Waals surface area contributed by atoms with Crippen LogP contribution in [0.2, 0.25) is 0 Å². The number of methoxy groups -OCH3 is 1. The molecule has 0 spiro atoms. The van der Waals surface area contributed by atoms with Crippen molar-refractivity contribution in [3.63, 3.8) is 0 Å². The second-order valence-corrected chi connectivity index (χ2v) is 6.40. The average molecular weight is 317 g/mol. The molecule has 1 atom stereocenters. The monoisotopic (exact) mass is 317 g/mol. The summed E-state index contributed by atoms with van der Waals surface area (Å²) >= 11 is 0. The molecule has 7 nitrogen and oxygen atoms in total. The van der Waals surface area contributed by atoms with E-state index in [1.54, 1.807) is 12.1 Å². The average Bonchev–Trinajstić information content (AvgIpc) is 2.43. The summed E-state index contributed by atoms with van der Waals surface area (Å²) in [6.45, 7) is 2.11. The molecule has 0 aromatic carbocycles. The molecule has 0 aliphatic rings. The topological polar surface area (TPSA) is 113 Å². The molecule has 1 unspecified atom stereocenters. The summed E-state index contributed by atoms with van der Waals surface area (Å²) in [7, 11) is -3.33. The molecule has 0 aliphatic carbocycles. The molecular formula is C13H22N2O5P+. The van der Waals surface area contributed by atoms with E-state index in [9.17, 15) is 19.1 Å². The Morgan fingerprint density at radius 2 is 2.19 bits per heavy atom. The van der Waals surface area contributed by atoms with Gasteiger partial charge in [0.15, 0.2) is 0 Å². The maximum atomic E-state index is 11.5. The first-order valence-electron chi connectivity index (χ1n) is 6.75. The van der Waals surface area contributed by atoms with Crippen LogP contribution in [-0.4, -0.2) is 38.2 Å². The van der Waals surface area contributed by atoms with Crippen LogP contribution >= 0.6 is 7.60 Å². The first-order chi connectivity index (χ1) is 9.88. The van der Waals surface area contributed by atoms with Crippen LogP contribution < -0.4 is 5.32 Å². The third kappa shape index (κ3) is 5.83. The van der Waals surface area contributed by atoms with E-state index in [0.717, 1.165) is 38.5 Å². The van der Waals surface area contributed by atoms with Gasteiger partial charge < -0.3 is 10.1 Å². The second-order valence-electron chi connectivity index (χ2n) is 4.66. The summed E-state index contributed by atoms with van der Waals surface area (Å²) < 4.78 is 13.8. The largest absolute Gasteiger partial charge is 0.530 e. The molecule has 0 saturated heterocycles. The Labute approximate surface area is 123 Å². The SMILES string of the molecule is CCCCCc1cccc(NC(C(=O)OC)P(O)(O)=[OH+])n1. The molecule has 118 valence electrons. The van der Waals surface area contributed by atoms with Gasteiger partial charge in [0.1, 0.15) is 5.82 Å². The van der Waals surface area contributed by atoms with Crippen LogP contribution in [-0.2, 0) is 16.0 Å². The fourth-order valence-electron chi connectivity index (χ4n) is 1.79. The van der Waals surface area contributed by atoms with E-state index in [4.69, 9.17) is 0 Å². The van der Waals surface area contributed by atoms with Gasteiger partial charge in [0.05, 0.1) is 7.11 Å². The van der Waals surface area contributed by atoms with Gasteiger partial charge in [-0.2, -0.15) is 0 Å². The van der Waals surface area contributed by atoms with Gasteiger partial charge in [-0.05, 0) is 25.0 Å². The van der Waals surface area contributed by atoms with Crippen molar-refractivity contribution >= 4 is 19.4 Å². The van der Waals surface area contributed by atoms with Gasteiger partial charge in [0, 0.05) is 5.69 Å². The smallest absolute Gasteiger partial charge is 0.467 e. The van der Waals surface area contributed by atoms with Gasteiger partial charge in [0.25, 0.3) is 5.78 Å². The summed E-state index contributed by atoms with van der Waals surface area (Å²) in [6, 6.07) is 5.18. The molecule has 1 rings (SSSR count). The maximum absolute atomic E-state index is 11.5. The van der Waals surface area contributed by atoms with Crippen molar-refractivity contribution in [2.45, 2.75) is 38.4 Å². The van der Waals surface area contributed by atoms with Crippen molar-refractivity contribution < 1.29 is 23.9 Å². The van der Waals surface area contributed by atoms with Gasteiger partial charge in [-0.25, -0.2) is 9.78 Å². The van der Waals surface area contributed by atoms with Crippen LogP contribution in [0.5, 0.6) is 0 Å². The van der Waals surface area contributed by atoms with Crippen molar-refractivity contribution in [1.82, 2.24) is 4.98 Å². The van der Waals surface area contributed by atoms with Crippen LogP contribution in [0, 0.1) is 0 Å². The van der Waals surface area contributed by atoms with Crippen molar-refractivity contribution in [1.29, 1.82) is 0 Å². The third-order valence-electron chi connectivity index (χ3n) is 2.90. The lowest BCUT2D eigenvalue weighted by molar-refractivity contribution is -0.139. The highest BCUT2D eigenvalue weighted by molar-refractivity contribution is 7.54. The molecule has 0 radical (unpaired) electrons. The Bertz CT molecular complexity index is 517. The van der Waals surface area contributed by atoms with Gasteiger partial charge in [-0.3, -0.25) is 14.4 Å². The number of pyridine rings is 1. The molecule has 0 aliphatic heterocycles. The van der Waals surface area contributed by atoms with Gasteiger partial charge >= 0.3 is 13.6 Å². The number of hydrogen-bond acceptors (Lipinski definition) is 4. The zero-order chi connectivity index (χ0) is 15.9. The molecular weight excluding hydrogens is 295 g/mol. The predicted molar refractivity (Wildman–Crippen MR) is 80.2 cm³/mol. The van der Waals surface area contributed by atoms with E-state index < -0.39 is 19.3 Å². The number of rotatable bonds is 8. The number of aromatic nitrogens is 1. The third-order valence-corrected chi connectivity index (χ3v) is 3.93. The van der Waals surface area contributed by atoms with E-state index in [1.807, 2.05) is 6.07 Å². The lowest BCUT2D eigenvalue weighted by atomic mass is 10.1. The Kier molecular flexibility index (Phi) is 6.81. The van der Waals surface area contributed by atoms with Crippen LogP contribution in [0.15, 0.2) is 18.2 Å².